The molecule has 3 heteroatoms. The molecule has 0 aliphatic rings. The summed E-state index contributed by atoms with van der Waals surface area (Å²) in [6, 6.07) is 6.42. The van der Waals surface area contributed by atoms with Crippen molar-refractivity contribution in [3.05, 3.63) is 34.9 Å². The van der Waals surface area contributed by atoms with Crippen molar-refractivity contribution in [1.82, 2.24) is 0 Å². The summed E-state index contributed by atoms with van der Waals surface area (Å²) in [5, 5.41) is 0. The maximum atomic E-state index is 6.06. The quantitative estimate of drug-likeness (QED) is 0.590. The van der Waals surface area contributed by atoms with Crippen molar-refractivity contribution in [2.45, 2.75) is 38.5 Å². The summed E-state index contributed by atoms with van der Waals surface area (Å²) < 4.78 is 0. The maximum absolute atomic E-state index is 6.06. The molecular weight excluding hydrogens is 287 g/mol. The molecule has 0 fully saturated rings. The van der Waals surface area contributed by atoms with Gasteiger partial charge in [0.25, 0.3) is 0 Å². The molecule has 0 spiro atoms. The SMILES string of the molecule is CC(CCl)c1cccc(C(C)CCl)c1C(C)CCl. The highest BCUT2D eigenvalue weighted by Crippen LogP contribution is 2.34. The third-order valence-corrected chi connectivity index (χ3v) is 4.81. The van der Waals surface area contributed by atoms with Gasteiger partial charge in [0.05, 0.1) is 0 Å². The number of rotatable bonds is 6. The van der Waals surface area contributed by atoms with Gasteiger partial charge in [-0.25, -0.2) is 0 Å². The molecule has 3 atom stereocenters. The minimum Gasteiger partial charge on any atom is -0.126 e. The second kappa shape index (κ2) is 7.62. The van der Waals surface area contributed by atoms with Crippen LogP contribution in [0.5, 0.6) is 0 Å². The highest BCUT2D eigenvalue weighted by molar-refractivity contribution is 6.19. The first-order valence-electron chi connectivity index (χ1n) is 6.37. The van der Waals surface area contributed by atoms with Crippen LogP contribution in [0.3, 0.4) is 0 Å². The lowest BCUT2D eigenvalue weighted by atomic mass is 9.83. The minimum atomic E-state index is 0.328. The van der Waals surface area contributed by atoms with E-state index in [0.717, 1.165) is 0 Å². The first kappa shape index (κ1) is 16.1. The second-order valence-corrected chi connectivity index (χ2v) is 5.94. The number of alkyl halides is 3. The maximum Gasteiger partial charge on any atom is 0.0289 e. The monoisotopic (exact) mass is 306 g/mol. The largest absolute Gasteiger partial charge is 0.126 e. The molecule has 0 saturated heterocycles. The standard InChI is InChI=1S/C15H21Cl3/c1-10(7-16)13-5-4-6-14(11(2)8-17)15(13)12(3)9-18/h4-6,10-12H,7-9H2,1-3H3. The zero-order valence-electron chi connectivity index (χ0n) is 11.2. The van der Waals surface area contributed by atoms with Crippen LogP contribution in [0.25, 0.3) is 0 Å². The van der Waals surface area contributed by atoms with Gasteiger partial charge in [0.15, 0.2) is 0 Å². The van der Waals surface area contributed by atoms with Gasteiger partial charge < -0.3 is 0 Å². The van der Waals surface area contributed by atoms with Gasteiger partial charge in [-0.3, -0.25) is 0 Å². The topological polar surface area (TPSA) is 0 Å². The fourth-order valence-corrected chi connectivity index (χ4v) is 2.76. The van der Waals surface area contributed by atoms with Crippen molar-refractivity contribution in [1.29, 1.82) is 0 Å². The fourth-order valence-electron chi connectivity index (χ4n) is 2.27. The molecule has 102 valence electrons. The minimum absolute atomic E-state index is 0.328. The molecule has 18 heavy (non-hydrogen) atoms. The Kier molecular flexibility index (Phi) is 6.84. The van der Waals surface area contributed by atoms with Gasteiger partial charge >= 0.3 is 0 Å². The van der Waals surface area contributed by atoms with E-state index in [9.17, 15) is 0 Å². The summed E-state index contributed by atoms with van der Waals surface area (Å²) >= 11 is 18.1. The number of hydrogen-bond acceptors (Lipinski definition) is 0. The van der Waals surface area contributed by atoms with Crippen molar-refractivity contribution < 1.29 is 0 Å². The molecule has 1 aromatic carbocycles. The number of hydrogen-bond donors (Lipinski definition) is 0. The smallest absolute Gasteiger partial charge is 0.0289 e. The van der Waals surface area contributed by atoms with E-state index in [1.165, 1.54) is 16.7 Å². The summed E-state index contributed by atoms with van der Waals surface area (Å²) in [6.45, 7) is 6.47. The van der Waals surface area contributed by atoms with Crippen molar-refractivity contribution >= 4 is 34.8 Å². The molecule has 1 rings (SSSR count). The van der Waals surface area contributed by atoms with Crippen molar-refractivity contribution in [2.24, 2.45) is 0 Å². The average Bonchev–Trinajstić information content (AvgIpc) is 2.43. The van der Waals surface area contributed by atoms with Gasteiger partial charge in [-0.1, -0.05) is 39.0 Å². The molecule has 0 amide bonds. The lowest BCUT2D eigenvalue weighted by molar-refractivity contribution is 0.756. The van der Waals surface area contributed by atoms with Gasteiger partial charge in [0.2, 0.25) is 0 Å². The van der Waals surface area contributed by atoms with E-state index in [1.54, 1.807) is 0 Å². The molecule has 0 saturated carbocycles. The van der Waals surface area contributed by atoms with Crippen LogP contribution in [0.15, 0.2) is 18.2 Å². The van der Waals surface area contributed by atoms with Gasteiger partial charge in [-0.2, -0.15) is 0 Å². The molecule has 0 aromatic heterocycles. The first-order valence-corrected chi connectivity index (χ1v) is 7.97. The van der Waals surface area contributed by atoms with Crippen molar-refractivity contribution in [2.75, 3.05) is 17.6 Å². The van der Waals surface area contributed by atoms with Crippen LogP contribution >= 0.6 is 34.8 Å². The van der Waals surface area contributed by atoms with Crippen molar-refractivity contribution in [3.63, 3.8) is 0 Å². The summed E-state index contributed by atoms with van der Waals surface area (Å²) in [4.78, 5) is 0. The van der Waals surface area contributed by atoms with Gasteiger partial charge in [-0.15, -0.1) is 34.8 Å². The van der Waals surface area contributed by atoms with Crippen LogP contribution < -0.4 is 0 Å². The molecular formula is C15H21Cl3. The molecule has 0 nitrogen and oxygen atoms in total. The Balaban J connectivity index is 3.34. The molecule has 3 unspecified atom stereocenters. The van der Waals surface area contributed by atoms with E-state index in [4.69, 9.17) is 34.8 Å². The summed E-state index contributed by atoms with van der Waals surface area (Å²) in [7, 11) is 0. The molecule has 0 bridgehead atoms. The molecule has 0 aliphatic heterocycles. The highest BCUT2D eigenvalue weighted by Gasteiger charge is 2.20. The van der Waals surface area contributed by atoms with E-state index >= 15 is 0 Å². The third kappa shape index (κ3) is 3.56. The Morgan fingerprint density at radius 1 is 0.778 bits per heavy atom. The summed E-state index contributed by atoms with van der Waals surface area (Å²) in [5.41, 5.74) is 3.97. The zero-order valence-corrected chi connectivity index (χ0v) is 13.5. The van der Waals surface area contributed by atoms with Crippen LogP contribution in [-0.4, -0.2) is 17.6 Å². The molecule has 0 N–H and O–H groups in total. The number of benzene rings is 1. The summed E-state index contributed by atoms with van der Waals surface area (Å²) in [6.07, 6.45) is 0. The Bertz CT molecular complexity index is 348. The molecule has 1 aromatic rings. The average molecular weight is 308 g/mol. The number of halogens is 3. The Morgan fingerprint density at radius 3 is 1.50 bits per heavy atom. The highest BCUT2D eigenvalue weighted by atomic mass is 35.5. The second-order valence-electron chi connectivity index (χ2n) is 5.02. The van der Waals surface area contributed by atoms with Gasteiger partial charge in [-0.05, 0) is 34.4 Å². The summed E-state index contributed by atoms with van der Waals surface area (Å²) in [5.74, 6) is 2.88. The van der Waals surface area contributed by atoms with E-state index in [0.29, 0.717) is 35.4 Å². The zero-order chi connectivity index (χ0) is 13.7. The first-order chi connectivity index (χ1) is 8.56. The van der Waals surface area contributed by atoms with Crippen LogP contribution in [0.2, 0.25) is 0 Å². The lowest BCUT2D eigenvalue weighted by Crippen LogP contribution is -2.11. The lowest BCUT2D eigenvalue weighted by Gasteiger charge is -2.24. The van der Waals surface area contributed by atoms with Gasteiger partial charge in [0.1, 0.15) is 0 Å². The van der Waals surface area contributed by atoms with E-state index in [2.05, 4.69) is 39.0 Å². The van der Waals surface area contributed by atoms with E-state index in [-0.39, 0.29) is 0 Å². The Morgan fingerprint density at radius 2 is 1.17 bits per heavy atom. The van der Waals surface area contributed by atoms with Crippen molar-refractivity contribution in [3.8, 4) is 0 Å². The fraction of sp³-hybridized carbons (Fsp3) is 0.600. The van der Waals surface area contributed by atoms with Crippen LogP contribution in [0.4, 0.5) is 0 Å². The molecule has 0 heterocycles. The van der Waals surface area contributed by atoms with Crippen LogP contribution in [0, 0.1) is 0 Å². The molecule has 0 aliphatic carbocycles. The third-order valence-electron chi connectivity index (χ3n) is 3.42. The van der Waals surface area contributed by atoms with E-state index < -0.39 is 0 Å². The van der Waals surface area contributed by atoms with Crippen LogP contribution in [-0.2, 0) is 0 Å². The van der Waals surface area contributed by atoms with Gasteiger partial charge in [0, 0.05) is 17.6 Å². The normalized spacial score (nSPS) is 16.3. The van der Waals surface area contributed by atoms with E-state index in [1.807, 2.05) is 0 Å². The Labute approximate surface area is 126 Å². The predicted molar refractivity (Wildman–Crippen MR) is 83.8 cm³/mol. The Hall–Kier alpha value is 0.0900. The molecule has 0 radical (unpaired) electrons. The van der Waals surface area contributed by atoms with Crippen LogP contribution in [0.1, 0.15) is 55.2 Å². The predicted octanol–water partition coefficient (Wildman–Crippen LogP) is 5.71.